The topological polar surface area (TPSA) is 49.6 Å². The SMILES string of the molecule is O=C(NCC(Cc1ccccc1)N1CCCC1)c1nc(C2CC2)n2ccccc12. The van der Waals surface area contributed by atoms with Crippen molar-refractivity contribution in [2.24, 2.45) is 0 Å². The predicted octanol–water partition coefficient (Wildman–Crippen LogP) is 3.65. The van der Waals surface area contributed by atoms with Crippen LogP contribution >= 0.6 is 0 Å². The van der Waals surface area contributed by atoms with Crippen LogP contribution in [0.4, 0.5) is 0 Å². The van der Waals surface area contributed by atoms with Crippen LogP contribution in [0.25, 0.3) is 5.52 Å². The van der Waals surface area contributed by atoms with Gasteiger partial charge in [-0.1, -0.05) is 36.4 Å². The largest absolute Gasteiger partial charge is 0.349 e. The van der Waals surface area contributed by atoms with E-state index in [-0.39, 0.29) is 5.91 Å². The van der Waals surface area contributed by atoms with Crippen LogP contribution in [-0.4, -0.2) is 45.9 Å². The first kappa shape index (κ1) is 18.4. The molecule has 5 heteroatoms. The normalized spacial score (nSPS) is 18.2. The monoisotopic (exact) mass is 388 g/mol. The fourth-order valence-corrected chi connectivity index (χ4v) is 4.48. The summed E-state index contributed by atoms with van der Waals surface area (Å²) in [6.07, 6.45) is 7.81. The highest BCUT2D eigenvalue weighted by molar-refractivity contribution is 5.99. The Morgan fingerprint density at radius 2 is 1.83 bits per heavy atom. The summed E-state index contributed by atoms with van der Waals surface area (Å²) in [6, 6.07) is 16.9. The quantitative estimate of drug-likeness (QED) is 0.672. The molecular formula is C24H28N4O. The lowest BCUT2D eigenvalue weighted by Crippen LogP contribution is -2.44. The Morgan fingerprint density at radius 3 is 2.59 bits per heavy atom. The van der Waals surface area contributed by atoms with E-state index >= 15 is 0 Å². The van der Waals surface area contributed by atoms with E-state index in [1.807, 2.05) is 24.4 Å². The third-order valence-corrected chi connectivity index (χ3v) is 6.20. The molecule has 1 aliphatic carbocycles. The molecule has 150 valence electrons. The maximum absolute atomic E-state index is 13.1. The minimum atomic E-state index is -0.0575. The highest BCUT2D eigenvalue weighted by atomic mass is 16.1. The van der Waals surface area contributed by atoms with Crippen molar-refractivity contribution in [2.45, 2.75) is 44.1 Å². The number of hydrogen-bond donors (Lipinski definition) is 1. The number of benzene rings is 1. The molecular weight excluding hydrogens is 360 g/mol. The molecule has 5 nitrogen and oxygen atoms in total. The van der Waals surface area contributed by atoms with E-state index in [0.29, 0.717) is 24.2 Å². The molecule has 1 saturated carbocycles. The number of nitrogens with zero attached hydrogens (tertiary/aromatic N) is 3. The van der Waals surface area contributed by atoms with Gasteiger partial charge < -0.3 is 9.72 Å². The minimum Gasteiger partial charge on any atom is -0.349 e. The van der Waals surface area contributed by atoms with Gasteiger partial charge in [0.2, 0.25) is 0 Å². The average Bonchev–Trinajstić information content (AvgIpc) is 3.31. The van der Waals surface area contributed by atoms with Gasteiger partial charge in [-0.15, -0.1) is 0 Å². The van der Waals surface area contributed by atoms with Crippen molar-refractivity contribution in [3.63, 3.8) is 0 Å². The van der Waals surface area contributed by atoms with Crippen molar-refractivity contribution in [1.82, 2.24) is 19.6 Å². The molecule has 1 unspecified atom stereocenters. The van der Waals surface area contributed by atoms with Gasteiger partial charge in [-0.05, 0) is 62.9 Å². The number of imidazole rings is 1. The Bertz CT molecular complexity index is 987. The minimum absolute atomic E-state index is 0.0575. The molecule has 1 saturated heterocycles. The van der Waals surface area contributed by atoms with Crippen LogP contribution in [-0.2, 0) is 6.42 Å². The molecule has 5 rings (SSSR count). The van der Waals surface area contributed by atoms with Gasteiger partial charge >= 0.3 is 0 Å². The number of likely N-dealkylation sites (tertiary alicyclic amines) is 1. The molecule has 3 aromatic rings. The molecule has 2 aliphatic rings. The number of pyridine rings is 1. The lowest BCUT2D eigenvalue weighted by atomic mass is 10.0. The van der Waals surface area contributed by atoms with E-state index in [9.17, 15) is 4.79 Å². The second kappa shape index (κ2) is 7.99. The van der Waals surface area contributed by atoms with Crippen LogP contribution in [0.2, 0.25) is 0 Å². The van der Waals surface area contributed by atoms with E-state index in [0.717, 1.165) is 30.9 Å². The summed E-state index contributed by atoms with van der Waals surface area (Å²) in [5, 5.41) is 3.20. The molecule has 0 bridgehead atoms. The number of aromatic nitrogens is 2. The van der Waals surface area contributed by atoms with Gasteiger partial charge in [-0.2, -0.15) is 0 Å². The van der Waals surface area contributed by atoms with Crippen molar-refractivity contribution in [3.8, 4) is 0 Å². The van der Waals surface area contributed by atoms with Gasteiger partial charge in [-0.3, -0.25) is 9.69 Å². The second-order valence-electron chi connectivity index (χ2n) is 8.35. The standard InChI is InChI=1S/C24H28N4O/c29-24(22-21-10-4-5-15-28(21)23(26-22)19-11-12-19)25-17-20(27-13-6-7-14-27)16-18-8-2-1-3-9-18/h1-5,8-10,15,19-20H,6-7,11-14,16-17H2,(H,25,29). The number of amides is 1. The Morgan fingerprint density at radius 1 is 1.07 bits per heavy atom. The Balaban J connectivity index is 1.33. The zero-order valence-corrected chi connectivity index (χ0v) is 16.8. The van der Waals surface area contributed by atoms with Crippen LogP contribution in [0.5, 0.6) is 0 Å². The molecule has 1 atom stereocenters. The number of carbonyl (C=O) groups is 1. The molecule has 0 spiro atoms. The van der Waals surface area contributed by atoms with Gasteiger partial charge in [0.15, 0.2) is 5.69 Å². The lowest BCUT2D eigenvalue weighted by Gasteiger charge is -2.28. The third kappa shape index (κ3) is 3.92. The van der Waals surface area contributed by atoms with E-state index in [1.165, 1.54) is 31.2 Å². The smallest absolute Gasteiger partial charge is 0.272 e. The van der Waals surface area contributed by atoms with E-state index in [2.05, 4.69) is 44.9 Å². The van der Waals surface area contributed by atoms with Crippen LogP contribution in [0.15, 0.2) is 54.7 Å². The first-order valence-corrected chi connectivity index (χ1v) is 10.8. The lowest BCUT2D eigenvalue weighted by molar-refractivity contribution is 0.0934. The van der Waals surface area contributed by atoms with Crippen molar-refractivity contribution in [1.29, 1.82) is 0 Å². The first-order chi connectivity index (χ1) is 14.3. The number of nitrogens with one attached hydrogen (secondary N) is 1. The summed E-state index contributed by atoms with van der Waals surface area (Å²) in [4.78, 5) is 20.4. The molecule has 3 heterocycles. The fraction of sp³-hybridized carbons (Fsp3) is 0.417. The van der Waals surface area contributed by atoms with Crippen molar-refractivity contribution >= 4 is 11.4 Å². The fourth-order valence-electron chi connectivity index (χ4n) is 4.48. The van der Waals surface area contributed by atoms with Crippen LogP contribution in [0.1, 0.15) is 53.5 Å². The van der Waals surface area contributed by atoms with Crippen LogP contribution < -0.4 is 5.32 Å². The summed E-state index contributed by atoms with van der Waals surface area (Å²) in [7, 11) is 0. The van der Waals surface area contributed by atoms with Gasteiger partial charge in [0.05, 0.1) is 5.52 Å². The second-order valence-corrected chi connectivity index (χ2v) is 8.35. The Kier molecular flexibility index (Phi) is 5.06. The highest BCUT2D eigenvalue weighted by Gasteiger charge is 2.31. The summed E-state index contributed by atoms with van der Waals surface area (Å²) in [5.74, 6) is 1.48. The van der Waals surface area contributed by atoms with E-state index < -0.39 is 0 Å². The van der Waals surface area contributed by atoms with Crippen molar-refractivity contribution < 1.29 is 4.79 Å². The number of carbonyl (C=O) groups excluding carboxylic acids is 1. The van der Waals surface area contributed by atoms with Crippen molar-refractivity contribution in [3.05, 3.63) is 71.8 Å². The van der Waals surface area contributed by atoms with Gasteiger partial charge in [0.25, 0.3) is 5.91 Å². The summed E-state index contributed by atoms with van der Waals surface area (Å²) in [5.41, 5.74) is 2.79. The number of hydrogen-bond acceptors (Lipinski definition) is 3. The molecule has 29 heavy (non-hydrogen) atoms. The van der Waals surface area contributed by atoms with Gasteiger partial charge in [0.1, 0.15) is 5.82 Å². The number of rotatable bonds is 7. The maximum atomic E-state index is 13.1. The Labute approximate surface area is 171 Å². The molecule has 0 radical (unpaired) electrons. The molecule has 1 N–H and O–H groups in total. The van der Waals surface area contributed by atoms with Gasteiger partial charge in [-0.25, -0.2) is 4.98 Å². The Hall–Kier alpha value is -2.66. The van der Waals surface area contributed by atoms with E-state index in [4.69, 9.17) is 4.98 Å². The zero-order chi connectivity index (χ0) is 19.6. The van der Waals surface area contributed by atoms with Crippen molar-refractivity contribution in [2.75, 3.05) is 19.6 Å². The molecule has 2 fully saturated rings. The summed E-state index contributed by atoms with van der Waals surface area (Å²) in [6.45, 7) is 2.89. The predicted molar refractivity (Wildman–Crippen MR) is 114 cm³/mol. The molecule has 1 aliphatic heterocycles. The zero-order valence-electron chi connectivity index (χ0n) is 16.8. The highest BCUT2D eigenvalue weighted by Crippen LogP contribution is 2.40. The third-order valence-electron chi connectivity index (χ3n) is 6.20. The maximum Gasteiger partial charge on any atom is 0.272 e. The molecule has 2 aromatic heterocycles. The first-order valence-electron chi connectivity index (χ1n) is 10.8. The molecule has 1 amide bonds. The van der Waals surface area contributed by atoms with Gasteiger partial charge in [0, 0.05) is 24.7 Å². The van der Waals surface area contributed by atoms with E-state index in [1.54, 1.807) is 0 Å². The van der Waals surface area contributed by atoms with Crippen LogP contribution in [0, 0.1) is 0 Å². The molecule has 1 aromatic carbocycles. The number of fused-ring (bicyclic) bond motifs is 1. The average molecular weight is 389 g/mol. The summed E-state index contributed by atoms with van der Waals surface area (Å²) < 4.78 is 2.09. The van der Waals surface area contributed by atoms with Crippen LogP contribution in [0.3, 0.4) is 0 Å². The summed E-state index contributed by atoms with van der Waals surface area (Å²) >= 11 is 0.